The molecule has 3 heterocycles. The number of rotatable bonds is 2. The molecular formula is C13H19BN4O2. The second-order valence-electron chi connectivity index (χ2n) is 6.32. The standard InChI is InChI=1S/C13H19BN4O2/c1-11(2)12(3,4)20-14(19-11)13(6-5-7-15-8-13)18-9-16-17-10-18/h5,7-10H,6H2,1-4H3. The highest BCUT2D eigenvalue weighted by Gasteiger charge is 2.60. The van der Waals surface area contributed by atoms with Crippen molar-refractivity contribution in [3.8, 4) is 0 Å². The summed E-state index contributed by atoms with van der Waals surface area (Å²) in [4.78, 5) is 4.28. The highest BCUT2D eigenvalue weighted by molar-refractivity contribution is 6.53. The highest BCUT2D eigenvalue weighted by atomic mass is 16.7. The number of nitrogens with zero attached hydrogens (tertiary/aromatic N) is 4. The Hall–Kier alpha value is -1.47. The summed E-state index contributed by atoms with van der Waals surface area (Å²) >= 11 is 0. The molecule has 106 valence electrons. The average molecular weight is 274 g/mol. The van der Waals surface area contributed by atoms with E-state index in [1.165, 1.54) is 0 Å². The molecule has 3 rings (SSSR count). The van der Waals surface area contributed by atoms with Crippen molar-refractivity contribution in [1.82, 2.24) is 14.8 Å². The first-order valence-electron chi connectivity index (χ1n) is 6.77. The van der Waals surface area contributed by atoms with Gasteiger partial charge in [-0.1, -0.05) is 6.08 Å². The summed E-state index contributed by atoms with van der Waals surface area (Å²) in [5, 5.41) is 7.81. The molecule has 0 aliphatic carbocycles. The molecule has 1 fully saturated rings. The summed E-state index contributed by atoms with van der Waals surface area (Å²) in [5.74, 6) is 0. The molecule has 2 aliphatic rings. The first kappa shape index (κ1) is 13.5. The summed E-state index contributed by atoms with van der Waals surface area (Å²) in [6, 6.07) is 0. The van der Waals surface area contributed by atoms with Gasteiger partial charge in [0.25, 0.3) is 0 Å². The Morgan fingerprint density at radius 3 is 2.15 bits per heavy atom. The minimum atomic E-state index is -0.538. The fraction of sp³-hybridized carbons (Fsp3) is 0.615. The average Bonchev–Trinajstić information content (AvgIpc) is 2.98. The third-order valence-corrected chi connectivity index (χ3v) is 4.50. The molecule has 0 spiro atoms. The molecule has 0 amide bonds. The van der Waals surface area contributed by atoms with Crippen LogP contribution in [0.25, 0.3) is 0 Å². The molecule has 0 bridgehead atoms. The van der Waals surface area contributed by atoms with Gasteiger partial charge in [0.05, 0.1) is 11.2 Å². The first-order valence-corrected chi connectivity index (χ1v) is 6.77. The van der Waals surface area contributed by atoms with Crippen LogP contribution in [0.4, 0.5) is 0 Å². The molecule has 0 aromatic carbocycles. The molecular weight excluding hydrogens is 255 g/mol. The minimum Gasteiger partial charge on any atom is -0.401 e. The third-order valence-electron chi connectivity index (χ3n) is 4.50. The van der Waals surface area contributed by atoms with E-state index in [0.717, 1.165) is 6.42 Å². The Kier molecular flexibility index (Phi) is 2.88. The first-order chi connectivity index (χ1) is 9.37. The van der Waals surface area contributed by atoms with Crippen molar-refractivity contribution in [2.24, 2.45) is 4.99 Å². The van der Waals surface area contributed by atoms with Crippen LogP contribution in [-0.4, -0.2) is 39.3 Å². The van der Waals surface area contributed by atoms with Crippen LogP contribution in [0, 0.1) is 0 Å². The molecule has 1 atom stereocenters. The van der Waals surface area contributed by atoms with Crippen LogP contribution >= 0.6 is 0 Å². The van der Waals surface area contributed by atoms with Crippen LogP contribution < -0.4 is 0 Å². The molecule has 1 unspecified atom stereocenters. The monoisotopic (exact) mass is 274 g/mol. The van der Waals surface area contributed by atoms with Gasteiger partial charge in [-0.25, -0.2) is 0 Å². The molecule has 7 heteroatoms. The van der Waals surface area contributed by atoms with E-state index < -0.39 is 12.6 Å². The van der Waals surface area contributed by atoms with Crippen LogP contribution in [0.3, 0.4) is 0 Å². The third kappa shape index (κ3) is 1.84. The van der Waals surface area contributed by atoms with Gasteiger partial charge in [0, 0.05) is 12.4 Å². The predicted molar refractivity (Wildman–Crippen MR) is 76.3 cm³/mol. The van der Waals surface area contributed by atoms with E-state index >= 15 is 0 Å². The van der Waals surface area contributed by atoms with Crippen LogP contribution in [-0.2, 0) is 14.7 Å². The van der Waals surface area contributed by atoms with Crippen molar-refractivity contribution in [3.05, 3.63) is 24.9 Å². The van der Waals surface area contributed by atoms with Crippen molar-refractivity contribution in [2.75, 3.05) is 0 Å². The lowest BCUT2D eigenvalue weighted by atomic mass is 9.62. The smallest absolute Gasteiger partial charge is 0.401 e. The van der Waals surface area contributed by atoms with Gasteiger partial charge in [0.15, 0.2) is 0 Å². The van der Waals surface area contributed by atoms with Crippen LogP contribution in [0.1, 0.15) is 34.1 Å². The van der Waals surface area contributed by atoms with Crippen LogP contribution in [0.5, 0.6) is 0 Å². The van der Waals surface area contributed by atoms with E-state index in [9.17, 15) is 0 Å². The summed E-state index contributed by atoms with van der Waals surface area (Å²) < 4.78 is 14.3. The van der Waals surface area contributed by atoms with Crippen LogP contribution in [0.15, 0.2) is 29.9 Å². The van der Waals surface area contributed by atoms with Gasteiger partial charge in [-0.15, -0.1) is 10.2 Å². The maximum Gasteiger partial charge on any atom is 0.492 e. The number of aliphatic imine (C=N–C) groups is 1. The Bertz CT molecular complexity index is 537. The van der Waals surface area contributed by atoms with E-state index in [1.54, 1.807) is 18.9 Å². The van der Waals surface area contributed by atoms with Gasteiger partial charge in [-0.2, -0.15) is 0 Å². The van der Waals surface area contributed by atoms with E-state index in [2.05, 4.69) is 15.2 Å². The molecule has 0 saturated carbocycles. The lowest BCUT2D eigenvalue weighted by Crippen LogP contribution is -2.51. The lowest BCUT2D eigenvalue weighted by Gasteiger charge is -2.32. The Balaban J connectivity index is 2.01. The zero-order valence-electron chi connectivity index (χ0n) is 12.3. The number of hydrogen-bond acceptors (Lipinski definition) is 5. The quantitative estimate of drug-likeness (QED) is 0.768. The topological polar surface area (TPSA) is 61.5 Å². The zero-order valence-corrected chi connectivity index (χ0v) is 12.3. The zero-order chi connectivity index (χ0) is 14.4. The number of aromatic nitrogens is 3. The summed E-state index contributed by atoms with van der Waals surface area (Å²) in [7, 11) is -0.433. The predicted octanol–water partition coefficient (Wildman–Crippen LogP) is 1.59. The second kappa shape index (κ2) is 4.26. The van der Waals surface area contributed by atoms with Gasteiger partial charge in [-0.3, -0.25) is 4.99 Å². The lowest BCUT2D eigenvalue weighted by molar-refractivity contribution is 0.00578. The van der Waals surface area contributed by atoms with Gasteiger partial charge < -0.3 is 13.9 Å². The van der Waals surface area contributed by atoms with Gasteiger partial charge in [0.1, 0.15) is 18.1 Å². The fourth-order valence-corrected chi connectivity index (χ4v) is 2.44. The molecule has 1 aromatic rings. The summed E-state index contributed by atoms with van der Waals surface area (Å²) in [6.45, 7) is 8.18. The van der Waals surface area contributed by atoms with E-state index in [1.807, 2.05) is 44.6 Å². The Labute approximate surface area is 119 Å². The Morgan fingerprint density at radius 1 is 1.05 bits per heavy atom. The van der Waals surface area contributed by atoms with Crippen molar-refractivity contribution in [2.45, 2.75) is 50.8 Å². The molecule has 1 saturated heterocycles. The van der Waals surface area contributed by atoms with Crippen molar-refractivity contribution in [3.63, 3.8) is 0 Å². The van der Waals surface area contributed by atoms with E-state index in [0.29, 0.717) is 0 Å². The van der Waals surface area contributed by atoms with E-state index in [4.69, 9.17) is 9.31 Å². The van der Waals surface area contributed by atoms with Crippen molar-refractivity contribution in [1.29, 1.82) is 0 Å². The maximum atomic E-state index is 6.21. The molecule has 0 N–H and O–H groups in total. The van der Waals surface area contributed by atoms with Gasteiger partial charge in [0.2, 0.25) is 0 Å². The molecule has 0 radical (unpaired) electrons. The number of allylic oxidation sites excluding steroid dienone is 1. The number of hydrogen-bond donors (Lipinski definition) is 0. The Morgan fingerprint density at radius 2 is 1.65 bits per heavy atom. The molecule has 1 aromatic heterocycles. The normalized spacial score (nSPS) is 30.9. The second-order valence-corrected chi connectivity index (χ2v) is 6.32. The van der Waals surface area contributed by atoms with Gasteiger partial charge >= 0.3 is 7.12 Å². The van der Waals surface area contributed by atoms with Gasteiger partial charge in [-0.05, 0) is 34.1 Å². The van der Waals surface area contributed by atoms with E-state index in [-0.39, 0.29) is 11.2 Å². The molecule has 6 nitrogen and oxygen atoms in total. The SMILES string of the molecule is CC1(C)OB(C2(n3cnnc3)C=NC=CC2)OC1(C)C. The summed E-state index contributed by atoms with van der Waals surface area (Å²) in [6.07, 6.45) is 9.73. The molecule has 2 aliphatic heterocycles. The van der Waals surface area contributed by atoms with Crippen molar-refractivity contribution < 1.29 is 9.31 Å². The fourth-order valence-electron chi connectivity index (χ4n) is 2.44. The minimum absolute atomic E-state index is 0.381. The summed E-state index contributed by atoms with van der Waals surface area (Å²) in [5.41, 5.74) is -1.30. The largest absolute Gasteiger partial charge is 0.492 e. The maximum absolute atomic E-state index is 6.21. The van der Waals surface area contributed by atoms with Crippen LogP contribution in [0.2, 0.25) is 0 Å². The van der Waals surface area contributed by atoms with Crippen molar-refractivity contribution >= 4 is 13.3 Å². The molecule has 20 heavy (non-hydrogen) atoms. The highest BCUT2D eigenvalue weighted by Crippen LogP contribution is 2.42.